The molecule has 1 aromatic carbocycles. The molecule has 0 fully saturated rings. The Balaban J connectivity index is 1.87. The predicted octanol–water partition coefficient (Wildman–Crippen LogP) is 3.95. The smallest absolute Gasteiger partial charge is 0.250 e. The van der Waals surface area contributed by atoms with Gasteiger partial charge < -0.3 is 15.8 Å². The lowest BCUT2D eigenvalue weighted by molar-refractivity contribution is 0.1000. The topological polar surface area (TPSA) is 77.2 Å². The number of carbonyl (C=O) groups excluding carboxylic acids is 1. The molecule has 3 N–H and O–H groups in total. The summed E-state index contributed by atoms with van der Waals surface area (Å²) >= 11 is 6.34. The monoisotopic (exact) mass is 361 g/mol. The van der Waals surface area contributed by atoms with Crippen LogP contribution in [0.25, 0.3) is 0 Å². The number of amides is 1. The predicted molar refractivity (Wildman–Crippen MR) is 100 cm³/mol. The fourth-order valence-corrected chi connectivity index (χ4v) is 2.61. The van der Waals surface area contributed by atoms with E-state index in [1.165, 1.54) is 25.5 Å². The number of carbonyl (C=O) groups is 1. The Morgan fingerprint density at radius 3 is 2.72 bits per heavy atom. The van der Waals surface area contributed by atoms with E-state index in [1.54, 1.807) is 18.2 Å². The van der Waals surface area contributed by atoms with Gasteiger partial charge >= 0.3 is 0 Å². The number of halogens is 1. The number of hydrogen-bond donors (Lipinski definition) is 2. The van der Waals surface area contributed by atoms with E-state index >= 15 is 0 Å². The van der Waals surface area contributed by atoms with Gasteiger partial charge in [0, 0.05) is 17.3 Å². The van der Waals surface area contributed by atoms with Gasteiger partial charge in [-0.2, -0.15) is 0 Å². The van der Waals surface area contributed by atoms with E-state index in [4.69, 9.17) is 22.1 Å². The Morgan fingerprint density at radius 2 is 2.08 bits per heavy atom. The molecule has 1 amide bonds. The van der Waals surface area contributed by atoms with Crippen LogP contribution in [0, 0.1) is 0 Å². The van der Waals surface area contributed by atoms with Crippen LogP contribution in [-0.2, 0) is 6.42 Å². The van der Waals surface area contributed by atoms with Gasteiger partial charge in [-0.1, -0.05) is 37.4 Å². The van der Waals surface area contributed by atoms with Crippen molar-refractivity contribution >= 4 is 17.5 Å². The first kappa shape index (κ1) is 19.2. The van der Waals surface area contributed by atoms with E-state index in [2.05, 4.69) is 17.2 Å². The molecule has 0 bridgehead atoms. The first-order valence-corrected chi connectivity index (χ1v) is 8.90. The molecule has 0 spiro atoms. The quantitative estimate of drug-likeness (QED) is 0.628. The minimum absolute atomic E-state index is 0.340. The number of unbranched alkanes of at least 4 members (excludes halogenated alkanes) is 2. The van der Waals surface area contributed by atoms with Crippen molar-refractivity contribution in [3.8, 4) is 11.6 Å². The maximum atomic E-state index is 11.0. The second kappa shape index (κ2) is 10.0. The highest BCUT2D eigenvalue weighted by Gasteiger charge is 2.06. The molecule has 2 rings (SSSR count). The average molecular weight is 362 g/mol. The van der Waals surface area contributed by atoms with Crippen molar-refractivity contribution < 1.29 is 9.53 Å². The molecular weight excluding hydrogens is 338 g/mol. The number of ether oxygens (including phenoxy) is 1. The van der Waals surface area contributed by atoms with Gasteiger partial charge in [-0.3, -0.25) is 4.79 Å². The molecule has 1 aromatic heterocycles. The van der Waals surface area contributed by atoms with Gasteiger partial charge in [-0.25, -0.2) is 4.98 Å². The molecular formula is C19H24ClN3O2. The Labute approximate surface area is 153 Å². The highest BCUT2D eigenvalue weighted by atomic mass is 35.5. The van der Waals surface area contributed by atoms with E-state index in [0.717, 1.165) is 25.1 Å². The van der Waals surface area contributed by atoms with Crippen LogP contribution in [0.5, 0.6) is 11.6 Å². The lowest BCUT2D eigenvalue weighted by Crippen LogP contribution is -2.18. The van der Waals surface area contributed by atoms with E-state index in [0.29, 0.717) is 22.2 Å². The van der Waals surface area contributed by atoms with Gasteiger partial charge in [-0.15, -0.1) is 0 Å². The van der Waals surface area contributed by atoms with Crippen LogP contribution >= 0.6 is 11.6 Å². The van der Waals surface area contributed by atoms with Gasteiger partial charge in [0.1, 0.15) is 5.75 Å². The van der Waals surface area contributed by atoms with Crippen molar-refractivity contribution in [2.75, 3.05) is 13.1 Å². The van der Waals surface area contributed by atoms with Crippen LogP contribution in [-0.4, -0.2) is 24.0 Å². The van der Waals surface area contributed by atoms with Crippen LogP contribution in [0.1, 0.15) is 42.1 Å². The summed E-state index contributed by atoms with van der Waals surface area (Å²) in [6, 6.07) is 8.77. The zero-order chi connectivity index (χ0) is 18.1. The standard InChI is InChI=1S/C19H24ClN3O2/c1-2-3-4-10-22-11-9-14-5-7-16(12-17(14)20)25-18-8-6-15(13-23-18)19(21)24/h5-8,12-13,22H,2-4,9-11H2,1H3,(H2,21,24). The van der Waals surface area contributed by atoms with Crippen molar-refractivity contribution in [3.63, 3.8) is 0 Å². The maximum absolute atomic E-state index is 11.0. The molecule has 2 aromatic rings. The fourth-order valence-electron chi connectivity index (χ4n) is 2.35. The molecule has 0 radical (unpaired) electrons. The highest BCUT2D eigenvalue weighted by Crippen LogP contribution is 2.26. The Hall–Kier alpha value is -2.11. The zero-order valence-electron chi connectivity index (χ0n) is 14.4. The second-order valence-electron chi connectivity index (χ2n) is 5.81. The number of aromatic nitrogens is 1. The van der Waals surface area contributed by atoms with Crippen LogP contribution in [0.3, 0.4) is 0 Å². The largest absolute Gasteiger partial charge is 0.439 e. The zero-order valence-corrected chi connectivity index (χ0v) is 15.2. The van der Waals surface area contributed by atoms with Crippen molar-refractivity contribution in [1.29, 1.82) is 0 Å². The van der Waals surface area contributed by atoms with E-state index in [1.807, 2.05) is 12.1 Å². The van der Waals surface area contributed by atoms with Crippen LogP contribution in [0.15, 0.2) is 36.5 Å². The van der Waals surface area contributed by atoms with Gasteiger partial charge in [0.25, 0.3) is 0 Å². The summed E-state index contributed by atoms with van der Waals surface area (Å²) in [5.41, 5.74) is 6.60. The lowest BCUT2D eigenvalue weighted by atomic mass is 10.1. The van der Waals surface area contributed by atoms with Gasteiger partial charge in [0.05, 0.1) is 5.56 Å². The third kappa shape index (κ3) is 6.36. The van der Waals surface area contributed by atoms with E-state index in [9.17, 15) is 4.79 Å². The summed E-state index contributed by atoms with van der Waals surface area (Å²) in [4.78, 5) is 15.1. The first-order chi connectivity index (χ1) is 12.1. The average Bonchev–Trinajstić information content (AvgIpc) is 2.60. The number of benzene rings is 1. The number of primary amides is 1. The normalized spacial score (nSPS) is 10.6. The number of hydrogen-bond acceptors (Lipinski definition) is 4. The molecule has 0 saturated heterocycles. The summed E-state index contributed by atoms with van der Waals surface area (Å²) in [7, 11) is 0. The molecule has 0 atom stereocenters. The maximum Gasteiger partial charge on any atom is 0.250 e. The summed E-state index contributed by atoms with van der Waals surface area (Å²) in [5, 5.41) is 4.10. The van der Waals surface area contributed by atoms with Crippen molar-refractivity contribution in [2.45, 2.75) is 32.6 Å². The van der Waals surface area contributed by atoms with E-state index < -0.39 is 5.91 Å². The molecule has 5 nitrogen and oxygen atoms in total. The fraction of sp³-hybridized carbons (Fsp3) is 0.368. The van der Waals surface area contributed by atoms with Crippen molar-refractivity contribution in [2.24, 2.45) is 5.73 Å². The third-order valence-corrected chi connectivity index (χ3v) is 4.15. The highest BCUT2D eigenvalue weighted by molar-refractivity contribution is 6.31. The van der Waals surface area contributed by atoms with Crippen LogP contribution < -0.4 is 15.8 Å². The minimum Gasteiger partial charge on any atom is -0.439 e. The number of nitrogens with one attached hydrogen (secondary N) is 1. The molecule has 134 valence electrons. The SMILES string of the molecule is CCCCCNCCc1ccc(Oc2ccc(C(N)=O)cn2)cc1Cl. The molecule has 6 heteroatoms. The lowest BCUT2D eigenvalue weighted by Gasteiger charge is -2.09. The summed E-state index contributed by atoms with van der Waals surface area (Å²) in [5.74, 6) is 0.463. The van der Waals surface area contributed by atoms with Gasteiger partial charge in [0.2, 0.25) is 11.8 Å². The van der Waals surface area contributed by atoms with Crippen molar-refractivity contribution in [1.82, 2.24) is 10.3 Å². The Morgan fingerprint density at radius 1 is 1.24 bits per heavy atom. The summed E-state index contributed by atoms with van der Waals surface area (Å²) < 4.78 is 5.66. The van der Waals surface area contributed by atoms with E-state index in [-0.39, 0.29) is 0 Å². The number of nitrogens with zero attached hydrogens (tertiary/aromatic N) is 1. The number of nitrogens with two attached hydrogens (primary N) is 1. The molecule has 0 saturated carbocycles. The minimum atomic E-state index is -0.519. The molecule has 0 aliphatic carbocycles. The molecule has 0 aliphatic heterocycles. The Kier molecular flexibility index (Phi) is 7.70. The summed E-state index contributed by atoms with van der Waals surface area (Å²) in [6.07, 6.45) is 5.95. The van der Waals surface area contributed by atoms with Gasteiger partial charge in [-0.05, 0) is 49.7 Å². The molecule has 0 aliphatic rings. The Bertz CT molecular complexity index is 690. The van der Waals surface area contributed by atoms with Crippen LogP contribution in [0.2, 0.25) is 5.02 Å². The van der Waals surface area contributed by atoms with Gasteiger partial charge in [0.15, 0.2) is 0 Å². The van der Waals surface area contributed by atoms with Crippen molar-refractivity contribution in [3.05, 3.63) is 52.7 Å². The first-order valence-electron chi connectivity index (χ1n) is 8.53. The molecule has 25 heavy (non-hydrogen) atoms. The molecule has 1 heterocycles. The third-order valence-electron chi connectivity index (χ3n) is 3.80. The van der Waals surface area contributed by atoms with Crippen LogP contribution in [0.4, 0.5) is 0 Å². The summed E-state index contributed by atoms with van der Waals surface area (Å²) in [6.45, 7) is 4.14. The second-order valence-corrected chi connectivity index (χ2v) is 6.22. The molecule has 0 unspecified atom stereocenters. The number of rotatable bonds is 10. The number of pyridine rings is 1.